The fourth-order valence-electron chi connectivity index (χ4n) is 1.89. The van der Waals surface area contributed by atoms with Gasteiger partial charge in [0.15, 0.2) is 5.82 Å². The highest BCUT2D eigenvalue weighted by molar-refractivity contribution is 5.91. The van der Waals surface area contributed by atoms with Gasteiger partial charge in [0.05, 0.1) is 5.52 Å². The summed E-state index contributed by atoms with van der Waals surface area (Å²) in [4.78, 5) is 8.85. The van der Waals surface area contributed by atoms with E-state index in [4.69, 9.17) is 0 Å². The third-order valence-electron chi connectivity index (χ3n) is 2.79. The molecule has 3 aromatic rings. The number of para-hydroxylation sites is 1. The third kappa shape index (κ3) is 2.20. The molecule has 2 heterocycles. The van der Waals surface area contributed by atoms with E-state index in [-0.39, 0.29) is 0 Å². The molecule has 2 N–H and O–H groups in total. The van der Waals surface area contributed by atoms with E-state index in [9.17, 15) is 0 Å². The first-order valence-electron chi connectivity index (χ1n) is 5.97. The molecule has 0 amide bonds. The SMILES string of the molecule is CNc1nc(Nc2ccn(C)n2)c2ccccc2n1. The Morgan fingerprint density at radius 3 is 2.68 bits per heavy atom. The first-order chi connectivity index (χ1) is 9.26. The monoisotopic (exact) mass is 254 g/mol. The zero-order valence-corrected chi connectivity index (χ0v) is 10.8. The largest absolute Gasteiger partial charge is 0.357 e. The quantitative estimate of drug-likeness (QED) is 0.749. The second-order valence-corrected chi connectivity index (χ2v) is 4.16. The normalized spacial score (nSPS) is 10.6. The number of nitrogens with zero attached hydrogens (tertiary/aromatic N) is 4. The lowest BCUT2D eigenvalue weighted by Gasteiger charge is -2.08. The van der Waals surface area contributed by atoms with Gasteiger partial charge < -0.3 is 10.6 Å². The number of anilines is 3. The number of benzene rings is 1. The molecule has 0 bridgehead atoms. The zero-order chi connectivity index (χ0) is 13.2. The van der Waals surface area contributed by atoms with Crippen LogP contribution in [0.2, 0.25) is 0 Å². The molecule has 3 rings (SSSR count). The van der Waals surface area contributed by atoms with E-state index in [0.717, 1.165) is 22.5 Å². The number of nitrogens with one attached hydrogen (secondary N) is 2. The van der Waals surface area contributed by atoms with Crippen molar-refractivity contribution in [1.29, 1.82) is 0 Å². The van der Waals surface area contributed by atoms with Crippen molar-refractivity contribution in [2.45, 2.75) is 0 Å². The van der Waals surface area contributed by atoms with Crippen LogP contribution in [0.25, 0.3) is 10.9 Å². The Bertz CT molecular complexity index is 718. The van der Waals surface area contributed by atoms with Crippen LogP contribution >= 0.6 is 0 Å². The molecule has 0 saturated heterocycles. The average molecular weight is 254 g/mol. The van der Waals surface area contributed by atoms with Gasteiger partial charge in [-0.1, -0.05) is 12.1 Å². The molecule has 6 heteroatoms. The summed E-state index contributed by atoms with van der Waals surface area (Å²) >= 11 is 0. The van der Waals surface area contributed by atoms with Gasteiger partial charge in [-0.05, 0) is 12.1 Å². The van der Waals surface area contributed by atoms with Gasteiger partial charge in [-0.3, -0.25) is 4.68 Å². The first kappa shape index (κ1) is 11.5. The molecule has 2 aromatic heterocycles. The highest BCUT2D eigenvalue weighted by Gasteiger charge is 2.07. The first-order valence-corrected chi connectivity index (χ1v) is 5.97. The summed E-state index contributed by atoms with van der Waals surface area (Å²) in [6.07, 6.45) is 1.88. The molecule has 96 valence electrons. The number of rotatable bonds is 3. The summed E-state index contributed by atoms with van der Waals surface area (Å²) in [6.45, 7) is 0. The van der Waals surface area contributed by atoms with Crippen molar-refractivity contribution in [2.75, 3.05) is 17.7 Å². The van der Waals surface area contributed by atoms with E-state index >= 15 is 0 Å². The summed E-state index contributed by atoms with van der Waals surface area (Å²) < 4.78 is 1.74. The van der Waals surface area contributed by atoms with Crippen molar-refractivity contribution in [3.05, 3.63) is 36.5 Å². The molecular weight excluding hydrogens is 240 g/mol. The summed E-state index contributed by atoms with van der Waals surface area (Å²) in [5.41, 5.74) is 0.889. The van der Waals surface area contributed by atoms with Gasteiger partial charge >= 0.3 is 0 Å². The van der Waals surface area contributed by atoms with Crippen molar-refractivity contribution in [1.82, 2.24) is 19.7 Å². The van der Waals surface area contributed by atoms with E-state index < -0.39 is 0 Å². The standard InChI is InChI=1S/C13H14N6/c1-14-13-15-10-6-4-3-5-9(10)12(17-13)16-11-7-8-19(2)18-11/h3-8H,1-2H3,(H2,14,15,16,17,18). The zero-order valence-electron chi connectivity index (χ0n) is 10.8. The molecule has 1 aromatic carbocycles. The minimum absolute atomic E-state index is 0.581. The Labute approximate surface area is 110 Å². The van der Waals surface area contributed by atoms with Crippen LogP contribution in [0.15, 0.2) is 36.5 Å². The average Bonchev–Trinajstić information content (AvgIpc) is 2.84. The van der Waals surface area contributed by atoms with E-state index in [2.05, 4.69) is 25.7 Å². The van der Waals surface area contributed by atoms with Crippen LogP contribution in [-0.4, -0.2) is 26.8 Å². The predicted molar refractivity (Wildman–Crippen MR) is 75.6 cm³/mol. The fourth-order valence-corrected chi connectivity index (χ4v) is 1.89. The Hall–Kier alpha value is -2.63. The maximum absolute atomic E-state index is 4.44. The van der Waals surface area contributed by atoms with Crippen LogP contribution in [0.4, 0.5) is 17.6 Å². The minimum Gasteiger partial charge on any atom is -0.357 e. The van der Waals surface area contributed by atoms with Crippen molar-refractivity contribution < 1.29 is 0 Å². The molecule has 0 fully saturated rings. The van der Waals surface area contributed by atoms with Gasteiger partial charge in [-0.25, -0.2) is 4.98 Å². The molecule has 0 saturated carbocycles. The Kier molecular flexibility index (Phi) is 2.75. The third-order valence-corrected chi connectivity index (χ3v) is 2.79. The number of aryl methyl sites for hydroxylation is 1. The Balaban J connectivity index is 2.10. The summed E-state index contributed by atoms with van der Waals surface area (Å²) in [5, 5.41) is 11.4. The van der Waals surface area contributed by atoms with Crippen LogP contribution in [0.3, 0.4) is 0 Å². The van der Waals surface area contributed by atoms with E-state index in [1.165, 1.54) is 0 Å². The number of aromatic nitrogens is 4. The van der Waals surface area contributed by atoms with Crippen molar-refractivity contribution >= 4 is 28.5 Å². The number of hydrogen-bond acceptors (Lipinski definition) is 5. The Morgan fingerprint density at radius 1 is 1.11 bits per heavy atom. The summed E-state index contributed by atoms with van der Waals surface area (Å²) in [7, 11) is 3.68. The van der Waals surface area contributed by atoms with Gasteiger partial charge in [0, 0.05) is 31.7 Å². The molecule has 0 aliphatic heterocycles. The van der Waals surface area contributed by atoms with Crippen molar-refractivity contribution in [3.63, 3.8) is 0 Å². The fraction of sp³-hybridized carbons (Fsp3) is 0.154. The smallest absolute Gasteiger partial charge is 0.224 e. The second kappa shape index (κ2) is 4.56. The topological polar surface area (TPSA) is 67.7 Å². The van der Waals surface area contributed by atoms with E-state index in [1.54, 1.807) is 11.7 Å². The Morgan fingerprint density at radius 2 is 1.95 bits per heavy atom. The predicted octanol–water partition coefficient (Wildman–Crippen LogP) is 2.15. The van der Waals surface area contributed by atoms with Crippen LogP contribution in [0, 0.1) is 0 Å². The lowest BCUT2D eigenvalue weighted by atomic mass is 10.2. The van der Waals surface area contributed by atoms with Crippen molar-refractivity contribution in [3.8, 4) is 0 Å². The van der Waals surface area contributed by atoms with Gasteiger partial charge in [-0.15, -0.1) is 0 Å². The molecular formula is C13H14N6. The number of fused-ring (bicyclic) bond motifs is 1. The van der Waals surface area contributed by atoms with Gasteiger partial charge in [0.1, 0.15) is 5.82 Å². The van der Waals surface area contributed by atoms with Crippen molar-refractivity contribution in [2.24, 2.45) is 7.05 Å². The van der Waals surface area contributed by atoms with Crippen LogP contribution in [0.5, 0.6) is 0 Å². The van der Waals surface area contributed by atoms with Gasteiger partial charge in [-0.2, -0.15) is 10.1 Å². The molecule has 0 unspecified atom stereocenters. The molecule has 0 atom stereocenters. The number of hydrogen-bond donors (Lipinski definition) is 2. The summed E-state index contributed by atoms with van der Waals surface area (Å²) in [5.74, 6) is 2.08. The highest BCUT2D eigenvalue weighted by atomic mass is 15.3. The van der Waals surface area contributed by atoms with E-state index in [1.807, 2.05) is 43.6 Å². The molecule has 0 aliphatic rings. The van der Waals surface area contributed by atoms with Crippen LogP contribution in [0.1, 0.15) is 0 Å². The molecule has 0 radical (unpaired) electrons. The van der Waals surface area contributed by atoms with Gasteiger partial charge in [0.25, 0.3) is 0 Å². The van der Waals surface area contributed by atoms with Crippen LogP contribution < -0.4 is 10.6 Å². The molecule has 0 spiro atoms. The highest BCUT2D eigenvalue weighted by Crippen LogP contribution is 2.24. The molecule has 0 aliphatic carbocycles. The minimum atomic E-state index is 0.581. The lowest BCUT2D eigenvalue weighted by Crippen LogP contribution is -2.02. The second-order valence-electron chi connectivity index (χ2n) is 4.16. The molecule has 19 heavy (non-hydrogen) atoms. The lowest BCUT2D eigenvalue weighted by molar-refractivity contribution is 0.771. The van der Waals surface area contributed by atoms with E-state index in [0.29, 0.717) is 5.95 Å². The van der Waals surface area contributed by atoms with Gasteiger partial charge in [0.2, 0.25) is 5.95 Å². The summed E-state index contributed by atoms with van der Waals surface area (Å²) in [6, 6.07) is 9.77. The van der Waals surface area contributed by atoms with Crippen LogP contribution in [-0.2, 0) is 7.05 Å². The molecule has 6 nitrogen and oxygen atoms in total. The maximum atomic E-state index is 4.44. The maximum Gasteiger partial charge on any atom is 0.224 e.